The second kappa shape index (κ2) is 5.95. The minimum atomic E-state index is -1.79. The van der Waals surface area contributed by atoms with E-state index in [4.69, 9.17) is 14.4 Å². The Labute approximate surface area is 148 Å². The van der Waals surface area contributed by atoms with E-state index in [0.717, 1.165) is 17.1 Å². The molecule has 0 spiro atoms. The van der Waals surface area contributed by atoms with Gasteiger partial charge < -0.3 is 13.2 Å². The first-order chi connectivity index (χ1) is 10.7. The van der Waals surface area contributed by atoms with Crippen LogP contribution in [0.2, 0.25) is 58.9 Å². The van der Waals surface area contributed by atoms with Gasteiger partial charge in [-0.05, 0) is 19.6 Å². The largest absolute Gasteiger partial charge is 0.530 e. The highest BCUT2D eigenvalue weighted by Gasteiger charge is 2.29. The highest BCUT2D eigenvalue weighted by atomic mass is 28.4. The van der Waals surface area contributed by atoms with Gasteiger partial charge in [-0.1, -0.05) is 39.3 Å². The van der Waals surface area contributed by atoms with E-state index in [0.29, 0.717) is 5.88 Å². The van der Waals surface area contributed by atoms with E-state index in [2.05, 4.69) is 79.8 Å². The van der Waals surface area contributed by atoms with Crippen LogP contribution in [0.3, 0.4) is 0 Å². The molecule has 0 aliphatic heterocycles. The van der Waals surface area contributed by atoms with E-state index in [1.54, 1.807) is 0 Å². The van der Waals surface area contributed by atoms with Crippen molar-refractivity contribution in [3.8, 4) is 5.88 Å². The molecule has 0 N–H and O–H groups in total. The molecule has 2 aromatic rings. The Morgan fingerprint density at radius 2 is 1.54 bits per heavy atom. The molecule has 134 valence electrons. The van der Waals surface area contributed by atoms with Crippen LogP contribution in [0.1, 0.15) is 0 Å². The lowest BCUT2D eigenvalue weighted by Crippen LogP contribution is -2.44. The van der Waals surface area contributed by atoms with Gasteiger partial charge in [0.2, 0.25) is 20.1 Å². The molecular weight excluding hydrogens is 350 g/mol. The number of hydrogen-bond acceptors (Lipinski definition) is 5. The van der Waals surface area contributed by atoms with Crippen molar-refractivity contribution in [3.63, 3.8) is 0 Å². The molecule has 0 saturated heterocycles. The van der Waals surface area contributed by atoms with Gasteiger partial charge in [-0.2, -0.15) is 9.97 Å². The monoisotopic (exact) mass is 381 g/mol. The number of aromatic nitrogens is 4. The van der Waals surface area contributed by atoms with E-state index >= 15 is 0 Å². The molecule has 0 unspecified atom stereocenters. The highest BCUT2D eigenvalue weighted by molar-refractivity contribution is 6.79. The SMILES string of the molecule is CN(c1nc(O[Si](C)(C)C)c2ncn([Si](C)(C)C)c2n1)[Si](C)(C)C. The minimum absolute atomic E-state index is 0.635. The molecule has 6 nitrogen and oxygen atoms in total. The molecule has 2 rings (SSSR count). The lowest BCUT2D eigenvalue weighted by atomic mass is 10.5. The maximum Gasteiger partial charge on any atom is 0.244 e. The first-order valence-electron chi connectivity index (χ1n) is 8.38. The Bertz CT molecular complexity index is 740. The van der Waals surface area contributed by atoms with Gasteiger partial charge in [0.1, 0.15) is 0 Å². The maximum absolute atomic E-state index is 6.26. The molecule has 9 heteroatoms. The first-order valence-corrected chi connectivity index (χ1v) is 18.7. The summed E-state index contributed by atoms with van der Waals surface area (Å²) < 4.78 is 10.7. The van der Waals surface area contributed by atoms with Crippen LogP contribution in [0.25, 0.3) is 11.2 Å². The van der Waals surface area contributed by atoms with Crippen molar-refractivity contribution < 1.29 is 4.43 Å². The molecular formula is C15H31N5OSi3. The zero-order valence-corrected chi connectivity index (χ0v) is 19.7. The standard InChI is InChI=1S/C15H31N5OSi3/c1-19(22(2,3)4)15-17-13-12(14(18-15)21-24(8,9)10)16-11-20(13)23(5,6)7/h11H,1-10H3. The topological polar surface area (TPSA) is 56.1 Å². The van der Waals surface area contributed by atoms with E-state index in [9.17, 15) is 0 Å². The van der Waals surface area contributed by atoms with Crippen molar-refractivity contribution in [1.82, 2.24) is 19.2 Å². The number of imidazole rings is 1. The van der Waals surface area contributed by atoms with Gasteiger partial charge in [-0.15, -0.1) is 0 Å². The summed E-state index contributed by atoms with van der Waals surface area (Å²) in [5.74, 6) is 1.38. The van der Waals surface area contributed by atoms with E-state index in [-0.39, 0.29) is 0 Å². The van der Waals surface area contributed by atoms with E-state index in [1.165, 1.54) is 0 Å². The molecule has 0 bridgehead atoms. The first kappa shape index (κ1) is 19.1. The average molecular weight is 382 g/mol. The van der Waals surface area contributed by atoms with Crippen molar-refractivity contribution in [1.29, 1.82) is 0 Å². The molecule has 0 radical (unpaired) electrons. The molecule has 0 amide bonds. The molecule has 0 atom stereocenters. The van der Waals surface area contributed by atoms with Crippen molar-refractivity contribution in [2.75, 3.05) is 11.6 Å². The summed E-state index contributed by atoms with van der Waals surface area (Å²) in [5, 5.41) is 0. The van der Waals surface area contributed by atoms with Crippen molar-refractivity contribution in [2.24, 2.45) is 0 Å². The summed E-state index contributed by atoms with van der Waals surface area (Å²) in [6.07, 6.45) is 1.90. The third-order valence-corrected chi connectivity index (χ3v) is 8.57. The summed E-state index contributed by atoms with van der Waals surface area (Å²) >= 11 is 0. The predicted octanol–water partition coefficient (Wildman–Crippen LogP) is 3.99. The zero-order chi connectivity index (χ0) is 18.5. The van der Waals surface area contributed by atoms with E-state index < -0.39 is 24.8 Å². The fourth-order valence-electron chi connectivity index (χ4n) is 2.17. The van der Waals surface area contributed by atoms with Crippen molar-refractivity contribution in [3.05, 3.63) is 6.33 Å². The van der Waals surface area contributed by atoms with Gasteiger partial charge in [-0.25, -0.2) is 4.98 Å². The van der Waals surface area contributed by atoms with Gasteiger partial charge in [0.25, 0.3) is 0 Å². The predicted molar refractivity (Wildman–Crippen MR) is 110 cm³/mol. The van der Waals surface area contributed by atoms with Crippen LogP contribution in [0.5, 0.6) is 5.88 Å². The quantitative estimate of drug-likeness (QED) is 0.733. The Morgan fingerprint density at radius 3 is 2.00 bits per heavy atom. The average Bonchev–Trinajstić information content (AvgIpc) is 2.78. The second-order valence-corrected chi connectivity index (χ2v) is 23.5. The third-order valence-electron chi connectivity index (χ3n) is 3.78. The summed E-state index contributed by atoms with van der Waals surface area (Å²) in [6, 6.07) is 0. The van der Waals surface area contributed by atoms with Crippen molar-refractivity contribution in [2.45, 2.75) is 58.9 Å². The van der Waals surface area contributed by atoms with Gasteiger partial charge in [0.15, 0.2) is 27.6 Å². The molecule has 0 saturated carbocycles. The Hall–Kier alpha value is -1.20. The minimum Gasteiger partial charge on any atom is -0.530 e. The Morgan fingerprint density at radius 1 is 0.958 bits per heavy atom. The Kier molecular flexibility index (Phi) is 4.75. The van der Waals surface area contributed by atoms with Crippen molar-refractivity contribution >= 4 is 41.9 Å². The van der Waals surface area contributed by atoms with Gasteiger partial charge in [0, 0.05) is 7.05 Å². The molecule has 0 aromatic carbocycles. The number of nitrogens with zero attached hydrogens (tertiary/aromatic N) is 5. The fourth-order valence-corrected chi connectivity index (χ4v) is 4.78. The molecule has 2 aromatic heterocycles. The number of fused-ring (bicyclic) bond motifs is 1. The summed E-state index contributed by atoms with van der Waals surface area (Å²) in [7, 11) is -2.89. The number of hydrogen-bond donors (Lipinski definition) is 0. The second-order valence-electron chi connectivity index (χ2n) is 9.23. The van der Waals surface area contributed by atoms with Crippen LogP contribution in [-0.4, -0.2) is 51.0 Å². The third kappa shape index (κ3) is 4.06. The van der Waals surface area contributed by atoms with Crippen LogP contribution in [0.4, 0.5) is 5.95 Å². The van der Waals surface area contributed by atoms with Crippen LogP contribution in [0.15, 0.2) is 6.33 Å². The molecule has 2 heterocycles. The smallest absolute Gasteiger partial charge is 0.244 e. The van der Waals surface area contributed by atoms with Gasteiger partial charge >= 0.3 is 0 Å². The maximum atomic E-state index is 6.26. The Balaban J connectivity index is 2.73. The van der Waals surface area contributed by atoms with Crippen LogP contribution in [0, 0.1) is 0 Å². The number of rotatable bonds is 5. The van der Waals surface area contributed by atoms with Crippen LogP contribution >= 0.6 is 0 Å². The summed E-state index contributed by atoms with van der Waals surface area (Å²) in [5.41, 5.74) is 1.69. The normalized spacial score (nSPS) is 13.4. The van der Waals surface area contributed by atoms with Gasteiger partial charge in [0.05, 0.1) is 6.33 Å². The fraction of sp³-hybridized carbons (Fsp3) is 0.667. The van der Waals surface area contributed by atoms with Crippen LogP contribution < -0.4 is 8.99 Å². The summed E-state index contributed by atoms with van der Waals surface area (Å²) in [4.78, 5) is 14.2. The lowest BCUT2D eigenvalue weighted by Gasteiger charge is -2.31. The molecule has 24 heavy (non-hydrogen) atoms. The molecule has 0 aliphatic rings. The number of anilines is 1. The summed E-state index contributed by atoms with van der Waals surface area (Å²) in [6.45, 7) is 20.2. The molecule has 0 aliphatic carbocycles. The lowest BCUT2D eigenvalue weighted by molar-refractivity contribution is 0.539. The zero-order valence-electron chi connectivity index (χ0n) is 16.7. The van der Waals surface area contributed by atoms with E-state index in [1.807, 2.05) is 6.33 Å². The highest BCUT2D eigenvalue weighted by Crippen LogP contribution is 2.29. The van der Waals surface area contributed by atoms with Gasteiger partial charge in [-0.3, -0.25) is 0 Å². The molecule has 0 fully saturated rings. The van der Waals surface area contributed by atoms with Crippen LogP contribution in [-0.2, 0) is 0 Å².